The van der Waals surface area contributed by atoms with E-state index in [1.165, 1.54) is 0 Å². The minimum atomic E-state index is -4.05. The zero-order valence-corrected chi connectivity index (χ0v) is 6.94. The lowest BCUT2D eigenvalue weighted by Crippen LogP contribution is -2.01. The van der Waals surface area contributed by atoms with Crippen LogP contribution in [0.25, 0.3) is 0 Å². The van der Waals surface area contributed by atoms with Gasteiger partial charge in [-0.15, -0.1) is 0 Å². The highest BCUT2D eigenvalue weighted by molar-refractivity contribution is 8.70. The van der Waals surface area contributed by atoms with E-state index < -0.39 is 14.4 Å². The van der Waals surface area contributed by atoms with Gasteiger partial charge in [0.2, 0.25) is 0 Å². The lowest BCUT2D eigenvalue weighted by atomic mass is 10.4. The monoisotopic (exact) mass is 181 g/mol. The summed E-state index contributed by atoms with van der Waals surface area (Å²) in [7, 11) is -3.78. The average Bonchev–Trinajstić information content (AvgIpc) is 1.81. The predicted molar refractivity (Wildman–Crippen MR) is 38.8 cm³/mol. The van der Waals surface area contributed by atoms with E-state index in [1.54, 1.807) is 13.0 Å². The third kappa shape index (κ3) is 4.61. The minimum Gasteiger partial charge on any atom is -0.277 e. The Hall–Kier alpha value is -0.250. The second kappa shape index (κ2) is 3.81. The molecule has 6 heteroatoms. The highest BCUT2D eigenvalue weighted by Crippen LogP contribution is 2.18. The summed E-state index contributed by atoms with van der Waals surface area (Å²) in [5, 5.41) is 7.57. The van der Waals surface area contributed by atoms with Crippen molar-refractivity contribution in [2.45, 2.75) is 18.6 Å². The molecule has 0 aromatic heterocycles. The van der Waals surface area contributed by atoms with Gasteiger partial charge in [-0.1, -0.05) is 6.92 Å². The van der Waals surface area contributed by atoms with Crippen molar-refractivity contribution < 1.29 is 13.0 Å². The molecule has 1 unspecified atom stereocenters. The van der Waals surface area contributed by atoms with Crippen molar-refractivity contribution in [2.75, 3.05) is 0 Å². The topological polar surface area (TPSA) is 78.2 Å². The molecule has 58 valence electrons. The van der Waals surface area contributed by atoms with Gasteiger partial charge in [0.05, 0.1) is 6.07 Å². The van der Waals surface area contributed by atoms with Crippen LogP contribution in [0.2, 0.25) is 0 Å². The van der Waals surface area contributed by atoms with Crippen LogP contribution in [-0.2, 0) is 9.15 Å². The summed E-state index contributed by atoms with van der Waals surface area (Å²) in [6.07, 6.45) is 0.404. The molecule has 4 nitrogen and oxygen atoms in total. The molecule has 0 amide bonds. The number of nitrogens with zero attached hydrogens (tertiary/aromatic N) is 1. The first kappa shape index (κ1) is 9.75. The van der Waals surface area contributed by atoms with Crippen LogP contribution in [0.5, 0.6) is 0 Å². The van der Waals surface area contributed by atoms with Crippen LogP contribution in [0.15, 0.2) is 0 Å². The molecule has 0 aliphatic rings. The molecule has 0 fully saturated rings. The zero-order chi connectivity index (χ0) is 8.20. The fourth-order valence-electron chi connectivity index (χ4n) is 0.328. The van der Waals surface area contributed by atoms with E-state index in [0.717, 1.165) is 0 Å². The molecular weight excluding hydrogens is 174 g/mol. The van der Waals surface area contributed by atoms with Crippen LogP contribution in [0, 0.1) is 11.3 Å². The number of hydrogen-bond acceptors (Lipinski definition) is 4. The molecular formula is C4H7NO3S2. The van der Waals surface area contributed by atoms with E-state index >= 15 is 0 Å². The molecule has 0 spiro atoms. The van der Waals surface area contributed by atoms with Gasteiger partial charge in [-0.2, -0.15) is 13.7 Å². The van der Waals surface area contributed by atoms with Gasteiger partial charge in [0, 0.05) is 10.8 Å². The van der Waals surface area contributed by atoms with E-state index in [2.05, 4.69) is 0 Å². The standard InChI is InChI=1S/C4H7NO3S2/c1-2-4(3-5)9-10(6,7)8/h4H,2H2,1H3,(H,6,7,8). The summed E-state index contributed by atoms with van der Waals surface area (Å²) >= 11 is 0. The summed E-state index contributed by atoms with van der Waals surface area (Å²) in [5.74, 6) is 0. The lowest BCUT2D eigenvalue weighted by Gasteiger charge is -1.99. The van der Waals surface area contributed by atoms with Crippen molar-refractivity contribution in [3.8, 4) is 6.07 Å². The third-order valence-corrected chi connectivity index (χ3v) is 3.09. The van der Waals surface area contributed by atoms with Crippen molar-refractivity contribution in [3.05, 3.63) is 0 Å². The van der Waals surface area contributed by atoms with Crippen LogP contribution < -0.4 is 0 Å². The largest absolute Gasteiger partial charge is 0.320 e. The van der Waals surface area contributed by atoms with Gasteiger partial charge in [-0.05, 0) is 6.42 Å². The summed E-state index contributed by atoms with van der Waals surface area (Å²) in [6, 6.07) is 1.73. The minimum absolute atomic E-state index is 0.269. The molecule has 0 bridgehead atoms. The SMILES string of the molecule is CCC(C#N)SS(=O)(=O)O. The lowest BCUT2D eigenvalue weighted by molar-refractivity contribution is 0.502. The first-order valence-corrected chi connectivity index (χ1v) is 5.38. The Bertz CT molecular complexity index is 227. The van der Waals surface area contributed by atoms with E-state index in [4.69, 9.17) is 9.81 Å². The first-order valence-electron chi connectivity index (χ1n) is 2.55. The van der Waals surface area contributed by atoms with Gasteiger partial charge in [0.15, 0.2) is 0 Å². The smallest absolute Gasteiger partial charge is 0.277 e. The van der Waals surface area contributed by atoms with Crippen molar-refractivity contribution in [1.82, 2.24) is 0 Å². The molecule has 1 atom stereocenters. The van der Waals surface area contributed by atoms with Crippen LogP contribution in [0.4, 0.5) is 0 Å². The molecule has 0 aromatic carbocycles. The normalized spacial score (nSPS) is 14.1. The van der Waals surface area contributed by atoms with Crippen molar-refractivity contribution in [1.29, 1.82) is 5.26 Å². The van der Waals surface area contributed by atoms with Crippen molar-refractivity contribution >= 4 is 19.9 Å². The third-order valence-electron chi connectivity index (χ3n) is 0.753. The highest BCUT2D eigenvalue weighted by Gasteiger charge is 2.14. The molecule has 0 rings (SSSR count). The molecule has 0 saturated heterocycles. The van der Waals surface area contributed by atoms with E-state index in [0.29, 0.717) is 6.42 Å². The van der Waals surface area contributed by atoms with Crippen molar-refractivity contribution in [2.24, 2.45) is 0 Å². The Morgan fingerprint density at radius 3 is 2.40 bits per heavy atom. The average molecular weight is 181 g/mol. The van der Waals surface area contributed by atoms with Gasteiger partial charge >= 0.3 is 9.15 Å². The van der Waals surface area contributed by atoms with Gasteiger partial charge in [0.25, 0.3) is 0 Å². The van der Waals surface area contributed by atoms with Crippen LogP contribution >= 0.6 is 10.8 Å². The molecule has 1 N–H and O–H groups in total. The fraction of sp³-hybridized carbons (Fsp3) is 0.750. The van der Waals surface area contributed by atoms with Crippen LogP contribution in [0.3, 0.4) is 0 Å². The first-order chi connectivity index (χ1) is 4.49. The Morgan fingerprint density at radius 1 is 1.80 bits per heavy atom. The molecule has 0 aliphatic carbocycles. The summed E-state index contributed by atoms with van der Waals surface area (Å²) in [6.45, 7) is 1.67. The quantitative estimate of drug-likeness (QED) is 0.515. The Morgan fingerprint density at radius 2 is 2.30 bits per heavy atom. The molecule has 10 heavy (non-hydrogen) atoms. The zero-order valence-electron chi connectivity index (χ0n) is 5.31. The molecule has 0 aliphatic heterocycles. The van der Waals surface area contributed by atoms with E-state index in [-0.39, 0.29) is 10.8 Å². The molecule has 0 aromatic rings. The number of rotatable bonds is 3. The Kier molecular flexibility index (Phi) is 3.71. The predicted octanol–water partition coefficient (Wildman–Crippen LogP) is 0.825. The van der Waals surface area contributed by atoms with Gasteiger partial charge in [-0.3, -0.25) is 4.55 Å². The fourth-order valence-corrected chi connectivity index (χ4v) is 2.22. The maximum absolute atomic E-state index is 10.1. The maximum Gasteiger partial charge on any atom is 0.320 e. The molecule has 0 heterocycles. The number of hydrogen-bond donors (Lipinski definition) is 1. The summed E-state index contributed by atoms with van der Waals surface area (Å²) in [4.78, 5) is 0. The Labute approximate surface area is 63.4 Å². The van der Waals surface area contributed by atoms with Crippen LogP contribution in [-0.4, -0.2) is 18.2 Å². The van der Waals surface area contributed by atoms with Gasteiger partial charge in [-0.25, -0.2) is 0 Å². The second-order valence-electron chi connectivity index (χ2n) is 1.55. The van der Waals surface area contributed by atoms with E-state index in [1.807, 2.05) is 0 Å². The second-order valence-corrected chi connectivity index (χ2v) is 5.01. The number of nitriles is 1. The molecule has 0 radical (unpaired) electrons. The summed E-state index contributed by atoms with van der Waals surface area (Å²) in [5.41, 5.74) is 0. The summed E-state index contributed by atoms with van der Waals surface area (Å²) < 4.78 is 28.5. The molecule has 0 saturated carbocycles. The maximum atomic E-state index is 10.1. The van der Waals surface area contributed by atoms with Crippen LogP contribution in [0.1, 0.15) is 13.3 Å². The van der Waals surface area contributed by atoms with Gasteiger partial charge < -0.3 is 0 Å². The Balaban J connectivity index is 4.04. The van der Waals surface area contributed by atoms with Crippen molar-refractivity contribution in [3.63, 3.8) is 0 Å². The van der Waals surface area contributed by atoms with E-state index in [9.17, 15) is 8.42 Å². The van der Waals surface area contributed by atoms with Gasteiger partial charge in [0.1, 0.15) is 5.25 Å². The highest BCUT2D eigenvalue weighted by atomic mass is 33.1.